The maximum atomic E-state index is 11.6. The second-order valence-electron chi connectivity index (χ2n) is 4.85. The molecule has 0 radical (unpaired) electrons. The monoisotopic (exact) mass is 242 g/mol. The summed E-state index contributed by atoms with van der Waals surface area (Å²) in [6.07, 6.45) is 1.65. The van der Waals surface area contributed by atoms with Crippen molar-refractivity contribution in [2.75, 3.05) is 59.9 Å². The Labute approximate surface area is 105 Å². The predicted octanol–water partition coefficient (Wildman–Crippen LogP) is -0.650. The van der Waals surface area contributed by atoms with Gasteiger partial charge in [0.2, 0.25) is 5.91 Å². The summed E-state index contributed by atoms with van der Waals surface area (Å²) in [5, 5.41) is 6.28. The van der Waals surface area contributed by atoms with Crippen molar-refractivity contribution in [1.82, 2.24) is 20.4 Å². The summed E-state index contributed by atoms with van der Waals surface area (Å²) in [7, 11) is 4.10. The highest BCUT2D eigenvalue weighted by molar-refractivity contribution is 5.75. The van der Waals surface area contributed by atoms with E-state index in [1.54, 1.807) is 0 Å². The van der Waals surface area contributed by atoms with Gasteiger partial charge in [-0.05, 0) is 27.1 Å². The maximum Gasteiger partial charge on any atom is 0.221 e. The van der Waals surface area contributed by atoms with Crippen LogP contribution in [0.25, 0.3) is 0 Å². The number of nitrogens with one attached hydrogen (secondary N) is 2. The first-order valence-electron chi connectivity index (χ1n) is 6.53. The van der Waals surface area contributed by atoms with E-state index < -0.39 is 0 Å². The lowest BCUT2D eigenvalue weighted by Gasteiger charge is -2.26. The van der Waals surface area contributed by atoms with Crippen LogP contribution in [0.5, 0.6) is 0 Å². The molecule has 1 aliphatic heterocycles. The van der Waals surface area contributed by atoms with Crippen molar-refractivity contribution in [2.24, 2.45) is 0 Å². The molecule has 1 amide bonds. The van der Waals surface area contributed by atoms with E-state index in [-0.39, 0.29) is 5.91 Å². The molecule has 5 nitrogen and oxygen atoms in total. The molecular formula is C12H26N4O. The van der Waals surface area contributed by atoms with E-state index in [0.717, 1.165) is 52.2 Å². The van der Waals surface area contributed by atoms with Crippen LogP contribution < -0.4 is 10.6 Å². The van der Waals surface area contributed by atoms with Crippen LogP contribution in [0.15, 0.2) is 0 Å². The van der Waals surface area contributed by atoms with Gasteiger partial charge in [0.1, 0.15) is 0 Å². The van der Waals surface area contributed by atoms with Crippen molar-refractivity contribution in [2.45, 2.75) is 12.8 Å². The summed E-state index contributed by atoms with van der Waals surface area (Å²) in [4.78, 5) is 16.0. The number of carbonyl (C=O) groups excluding carboxylic acids is 1. The molecular weight excluding hydrogens is 216 g/mol. The number of carbonyl (C=O) groups is 1. The lowest BCUT2D eigenvalue weighted by molar-refractivity contribution is -0.121. The number of rotatable bonds is 7. The second-order valence-corrected chi connectivity index (χ2v) is 4.85. The Hall–Kier alpha value is -0.650. The van der Waals surface area contributed by atoms with E-state index in [0.29, 0.717) is 6.42 Å². The number of nitrogens with zero attached hydrogens (tertiary/aromatic N) is 2. The quantitative estimate of drug-likeness (QED) is 0.583. The minimum Gasteiger partial charge on any atom is -0.356 e. The zero-order chi connectivity index (χ0) is 12.5. The van der Waals surface area contributed by atoms with Gasteiger partial charge < -0.3 is 20.4 Å². The molecule has 100 valence electrons. The van der Waals surface area contributed by atoms with Gasteiger partial charge in [0.05, 0.1) is 0 Å². The first-order chi connectivity index (χ1) is 8.18. The van der Waals surface area contributed by atoms with E-state index >= 15 is 0 Å². The number of amides is 1. The third kappa shape index (κ3) is 7.31. The summed E-state index contributed by atoms with van der Waals surface area (Å²) < 4.78 is 0. The normalized spacial score (nSPS) is 17.4. The van der Waals surface area contributed by atoms with Crippen molar-refractivity contribution in [3.63, 3.8) is 0 Å². The van der Waals surface area contributed by atoms with Gasteiger partial charge in [0.25, 0.3) is 0 Å². The summed E-state index contributed by atoms with van der Waals surface area (Å²) >= 11 is 0. The fraction of sp³-hybridized carbons (Fsp3) is 0.917. The van der Waals surface area contributed by atoms with Gasteiger partial charge in [0.15, 0.2) is 0 Å². The Morgan fingerprint density at radius 1 is 1.35 bits per heavy atom. The van der Waals surface area contributed by atoms with Gasteiger partial charge >= 0.3 is 0 Å². The van der Waals surface area contributed by atoms with Crippen molar-refractivity contribution in [3.8, 4) is 0 Å². The van der Waals surface area contributed by atoms with E-state index in [1.807, 2.05) is 14.1 Å². The van der Waals surface area contributed by atoms with Crippen LogP contribution in [0.4, 0.5) is 0 Å². The minimum atomic E-state index is 0.183. The molecule has 1 rings (SSSR count). The third-order valence-corrected chi connectivity index (χ3v) is 2.97. The molecule has 0 aromatic heterocycles. The van der Waals surface area contributed by atoms with Crippen molar-refractivity contribution in [1.29, 1.82) is 0 Å². The second kappa shape index (κ2) is 8.44. The number of hydrogen-bond acceptors (Lipinski definition) is 4. The Morgan fingerprint density at radius 3 is 2.71 bits per heavy atom. The molecule has 0 aromatic carbocycles. The third-order valence-electron chi connectivity index (χ3n) is 2.97. The highest BCUT2D eigenvalue weighted by atomic mass is 16.1. The van der Waals surface area contributed by atoms with Gasteiger partial charge in [0, 0.05) is 45.7 Å². The Kier molecular flexibility index (Phi) is 7.16. The highest BCUT2D eigenvalue weighted by Gasteiger charge is 2.10. The summed E-state index contributed by atoms with van der Waals surface area (Å²) in [6, 6.07) is 0. The van der Waals surface area contributed by atoms with Crippen LogP contribution in [0.3, 0.4) is 0 Å². The average Bonchev–Trinajstić information content (AvgIpc) is 2.33. The van der Waals surface area contributed by atoms with Crippen LogP contribution >= 0.6 is 0 Å². The van der Waals surface area contributed by atoms with Crippen molar-refractivity contribution < 1.29 is 4.79 Å². The topological polar surface area (TPSA) is 47.6 Å². The van der Waals surface area contributed by atoms with E-state index in [1.165, 1.54) is 0 Å². The van der Waals surface area contributed by atoms with Crippen LogP contribution in [0, 0.1) is 0 Å². The van der Waals surface area contributed by atoms with Gasteiger partial charge in [-0.15, -0.1) is 0 Å². The molecule has 1 fully saturated rings. The molecule has 5 heteroatoms. The Balaban J connectivity index is 1.96. The molecule has 1 saturated heterocycles. The molecule has 0 spiro atoms. The number of piperazine rings is 1. The SMILES string of the molecule is CN(C)CCCNC(=O)CCN1CCNCC1. The fourth-order valence-corrected chi connectivity index (χ4v) is 1.91. The molecule has 0 atom stereocenters. The van der Waals surface area contributed by atoms with Gasteiger partial charge in [-0.25, -0.2) is 0 Å². The zero-order valence-corrected chi connectivity index (χ0v) is 11.2. The summed E-state index contributed by atoms with van der Waals surface area (Å²) in [6.45, 7) is 6.93. The largest absolute Gasteiger partial charge is 0.356 e. The molecule has 2 N–H and O–H groups in total. The standard InChI is InChI=1S/C12H26N4O/c1-15(2)8-3-5-14-12(17)4-9-16-10-6-13-7-11-16/h13H,3-11H2,1-2H3,(H,14,17). The first-order valence-corrected chi connectivity index (χ1v) is 6.53. The van der Waals surface area contributed by atoms with Crippen molar-refractivity contribution >= 4 is 5.91 Å². The van der Waals surface area contributed by atoms with Gasteiger partial charge in [-0.2, -0.15) is 0 Å². The molecule has 1 aliphatic rings. The van der Waals surface area contributed by atoms with E-state index in [9.17, 15) is 4.79 Å². The summed E-state index contributed by atoms with van der Waals surface area (Å²) in [5.41, 5.74) is 0. The average molecular weight is 242 g/mol. The Morgan fingerprint density at radius 2 is 2.06 bits per heavy atom. The minimum absolute atomic E-state index is 0.183. The molecule has 0 bridgehead atoms. The first kappa shape index (κ1) is 14.4. The molecule has 0 aromatic rings. The van der Waals surface area contributed by atoms with Crippen LogP contribution in [-0.4, -0.2) is 75.6 Å². The lowest BCUT2D eigenvalue weighted by atomic mass is 10.3. The lowest BCUT2D eigenvalue weighted by Crippen LogP contribution is -2.44. The molecule has 0 unspecified atom stereocenters. The maximum absolute atomic E-state index is 11.6. The predicted molar refractivity (Wildman–Crippen MR) is 70.1 cm³/mol. The van der Waals surface area contributed by atoms with Gasteiger partial charge in [-0.1, -0.05) is 0 Å². The summed E-state index contributed by atoms with van der Waals surface area (Å²) in [5.74, 6) is 0.183. The van der Waals surface area contributed by atoms with Crippen LogP contribution in [0.2, 0.25) is 0 Å². The molecule has 1 heterocycles. The van der Waals surface area contributed by atoms with Crippen LogP contribution in [0.1, 0.15) is 12.8 Å². The van der Waals surface area contributed by atoms with Crippen LogP contribution in [-0.2, 0) is 4.79 Å². The van der Waals surface area contributed by atoms with Gasteiger partial charge in [-0.3, -0.25) is 4.79 Å². The molecule has 0 saturated carbocycles. The van der Waals surface area contributed by atoms with E-state index in [4.69, 9.17) is 0 Å². The smallest absolute Gasteiger partial charge is 0.221 e. The number of hydrogen-bond donors (Lipinski definition) is 2. The molecule has 0 aliphatic carbocycles. The van der Waals surface area contributed by atoms with Crippen molar-refractivity contribution in [3.05, 3.63) is 0 Å². The highest BCUT2D eigenvalue weighted by Crippen LogP contribution is 1.94. The molecule has 17 heavy (non-hydrogen) atoms. The van der Waals surface area contributed by atoms with E-state index in [2.05, 4.69) is 20.4 Å². The Bertz CT molecular complexity index is 215. The fourth-order valence-electron chi connectivity index (χ4n) is 1.91. The zero-order valence-electron chi connectivity index (χ0n) is 11.2.